The quantitative estimate of drug-likeness (QED) is 0.799. The van der Waals surface area contributed by atoms with Crippen LogP contribution in [-0.4, -0.2) is 37.7 Å². The molecule has 1 heterocycles. The van der Waals surface area contributed by atoms with Crippen molar-refractivity contribution >= 4 is 17.3 Å². The number of hydrogen-bond donors (Lipinski definition) is 1. The Morgan fingerprint density at radius 2 is 2.05 bits per heavy atom. The maximum absolute atomic E-state index is 12.7. The molecule has 1 amide bonds. The molecule has 0 fully saturated rings. The first kappa shape index (κ1) is 16.0. The van der Waals surface area contributed by atoms with Gasteiger partial charge in [0.1, 0.15) is 0 Å². The van der Waals surface area contributed by atoms with Gasteiger partial charge in [0.15, 0.2) is 0 Å². The summed E-state index contributed by atoms with van der Waals surface area (Å²) in [6.45, 7) is 3.83. The molecule has 0 atom stereocenters. The van der Waals surface area contributed by atoms with Gasteiger partial charge in [0.25, 0.3) is 5.91 Å². The minimum absolute atomic E-state index is 0.0587. The number of carbonyl (C=O) groups excluding carboxylic acids is 1. The lowest BCUT2D eigenvalue weighted by Gasteiger charge is -2.21. The van der Waals surface area contributed by atoms with Gasteiger partial charge in [0.2, 0.25) is 0 Å². The Balaban J connectivity index is 2.15. The zero-order valence-corrected chi connectivity index (χ0v) is 13.0. The molecule has 0 radical (unpaired) electrons. The van der Waals surface area contributed by atoms with Crippen molar-refractivity contribution in [3.63, 3.8) is 0 Å². The predicted molar refractivity (Wildman–Crippen MR) is 88.4 cm³/mol. The van der Waals surface area contributed by atoms with Gasteiger partial charge >= 0.3 is 0 Å². The van der Waals surface area contributed by atoms with E-state index in [-0.39, 0.29) is 5.91 Å². The van der Waals surface area contributed by atoms with Crippen molar-refractivity contribution in [2.45, 2.75) is 6.92 Å². The van der Waals surface area contributed by atoms with Crippen LogP contribution < -0.4 is 10.2 Å². The van der Waals surface area contributed by atoms with Gasteiger partial charge in [-0.3, -0.25) is 9.78 Å². The van der Waals surface area contributed by atoms with Crippen molar-refractivity contribution in [3.8, 4) is 0 Å². The topological polar surface area (TPSA) is 54.5 Å². The number of ether oxygens (including phenoxy) is 1. The first-order valence-corrected chi connectivity index (χ1v) is 7.31. The summed E-state index contributed by atoms with van der Waals surface area (Å²) in [6.07, 6.45) is 3.29. The Kier molecular flexibility index (Phi) is 5.91. The van der Waals surface area contributed by atoms with Gasteiger partial charge in [0.05, 0.1) is 17.9 Å². The number of hydrogen-bond acceptors (Lipinski definition) is 4. The maximum atomic E-state index is 12.7. The first-order chi connectivity index (χ1) is 10.8. The molecule has 1 aromatic heterocycles. The molecule has 0 spiro atoms. The minimum atomic E-state index is -0.0587. The minimum Gasteiger partial charge on any atom is -0.383 e. The van der Waals surface area contributed by atoms with Crippen LogP contribution in [0.3, 0.4) is 0 Å². The van der Waals surface area contributed by atoms with Crippen molar-refractivity contribution in [1.29, 1.82) is 0 Å². The van der Waals surface area contributed by atoms with E-state index >= 15 is 0 Å². The lowest BCUT2D eigenvalue weighted by Crippen LogP contribution is -2.30. The van der Waals surface area contributed by atoms with Crippen molar-refractivity contribution in [3.05, 3.63) is 54.4 Å². The molecule has 0 aliphatic heterocycles. The van der Waals surface area contributed by atoms with E-state index in [1.807, 2.05) is 43.3 Å². The highest BCUT2D eigenvalue weighted by molar-refractivity contribution is 6.06. The second-order valence-corrected chi connectivity index (χ2v) is 4.77. The number of carbonyl (C=O) groups is 1. The molecule has 0 saturated carbocycles. The second kappa shape index (κ2) is 8.14. The zero-order valence-electron chi connectivity index (χ0n) is 13.0. The van der Waals surface area contributed by atoms with Crippen LogP contribution in [0.2, 0.25) is 0 Å². The highest BCUT2D eigenvalue weighted by atomic mass is 16.5. The molecule has 22 heavy (non-hydrogen) atoms. The van der Waals surface area contributed by atoms with Crippen LogP contribution in [-0.2, 0) is 4.74 Å². The molecule has 2 aromatic rings. The number of nitrogens with one attached hydrogen (secondary N) is 1. The summed E-state index contributed by atoms with van der Waals surface area (Å²) >= 11 is 0. The predicted octanol–water partition coefficient (Wildman–Crippen LogP) is 2.81. The maximum Gasteiger partial charge on any atom is 0.259 e. The molecular weight excluding hydrogens is 278 g/mol. The van der Waals surface area contributed by atoms with Gasteiger partial charge in [-0.05, 0) is 25.1 Å². The van der Waals surface area contributed by atoms with Gasteiger partial charge in [-0.1, -0.05) is 18.2 Å². The van der Waals surface area contributed by atoms with Crippen LogP contribution in [0.15, 0.2) is 48.8 Å². The number of aromatic nitrogens is 1. The van der Waals surface area contributed by atoms with Crippen molar-refractivity contribution in [2.24, 2.45) is 0 Å². The smallest absolute Gasteiger partial charge is 0.259 e. The zero-order chi connectivity index (χ0) is 15.8. The molecule has 0 aliphatic rings. The molecule has 0 bridgehead atoms. The number of methoxy groups -OCH3 is 1. The lowest BCUT2D eigenvalue weighted by atomic mass is 10.2. The number of benzene rings is 1. The fraction of sp³-hybridized carbons (Fsp3) is 0.294. The van der Waals surface area contributed by atoms with Gasteiger partial charge in [-0.25, -0.2) is 0 Å². The Bertz CT molecular complexity index is 602. The third-order valence-electron chi connectivity index (χ3n) is 3.25. The molecule has 0 saturated heterocycles. The number of nitrogens with zero attached hydrogens (tertiary/aromatic N) is 2. The summed E-state index contributed by atoms with van der Waals surface area (Å²) in [4.78, 5) is 18.6. The SMILES string of the molecule is CCN(C(=O)c1cncc(NCCOC)c1)c1ccccc1. The molecule has 116 valence electrons. The molecule has 1 N–H and O–H groups in total. The third-order valence-corrected chi connectivity index (χ3v) is 3.25. The number of para-hydroxylation sites is 1. The van der Waals surface area contributed by atoms with Crippen LogP contribution in [0, 0.1) is 0 Å². The van der Waals surface area contributed by atoms with Crippen molar-refractivity contribution < 1.29 is 9.53 Å². The Morgan fingerprint density at radius 3 is 2.73 bits per heavy atom. The number of amides is 1. The Labute approximate surface area is 130 Å². The highest BCUT2D eigenvalue weighted by Gasteiger charge is 2.16. The number of rotatable bonds is 7. The molecule has 0 unspecified atom stereocenters. The van der Waals surface area contributed by atoms with Crippen molar-refractivity contribution in [1.82, 2.24) is 4.98 Å². The summed E-state index contributed by atoms with van der Waals surface area (Å²) < 4.78 is 5.00. The van der Waals surface area contributed by atoms with Crippen LogP contribution in [0.4, 0.5) is 11.4 Å². The van der Waals surface area contributed by atoms with Gasteiger partial charge < -0.3 is 15.0 Å². The molecule has 5 heteroatoms. The summed E-state index contributed by atoms with van der Waals surface area (Å²) in [5.74, 6) is -0.0587. The molecule has 5 nitrogen and oxygen atoms in total. The van der Waals surface area contributed by atoms with E-state index in [1.54, 1.807) is 24.4 Å². The van der Waals surface area contributed by atoms with Crippen LogP contribution >= 0.6 is 0 Å². The highest BCUT2D eigenvalue weighted by Crippen LogP contribution is 2.17. The third kappa shape index (κ3) is 4.05. The second-order valence-electron chi connectivity index (χ2n) is 4.77. The summed E-state index contributed by atoms with van der Waals surface area (Å²) in [7, 11) is 1.65. The van der Waals surface area contributed by atoms with E-state index in [9.17, 15) is 4.79 Å². The molecule has 1 aromatic carbocycles. The number of anilines is 2. The van der Waals surface area contributed by atoms with Gasteiger partial charge in [-0.2, -0.15) is 0 Å². The first-order valence-electron chi connectivity index (χ1n) is 7.31. The van der Waals surface area contributed by atoms with Gasteiger partial charge in [-0.15, -0.1) is 0 Å². The summed E-state index contributed by atoms with van der Waals surface area (Å²) in [6, 6.07) is 11.4. The molecule has 0 aliphatic carbocycles. The van der Waals surface area contributed by atoms with E-state index in [0.717, 1.165) is 11.4 Å². The fourth-order valence-electron chi connectivity index (χ4n) is 2.16. The molecule has 2 rings (SSSR count). The Morgan fingerprint density at radius 1 is 1.27 bits per heavy atom. The fourth-order valence-corrected chi connectivity index (χ4v) is 2.16. The average molecular weight is 299 g/mol. The largest absolute Gasteiger partial charge is 0.383 e. The summed E-state index contributed by atoms with van der Waals surface area (Å²) in [5.41, 5.74) is 2.26. The Hall–Kier alpha value is -2.40. The monoisotopic (exact) mass is 299 g/mol. The van der Waals surface area contributed by atoms with E-state index in [2.05, 4.69) is 10.3 Å². The average Bonchev–Trinajstić information content (AvgIpc) is 2.57. The summed E-state index contributed by atoms with van der Waals surface area (Å²) in [5, 5.41) is 3.18. The standard InChI is InChI=1S/C17H21N3O2/c1-3-20(16-7-5-4-6-8-16)17(21)14-11-15(13-18-12-14)19-9-10-22-2/h4-8,11-13,19H,3,9-10H2,1-2H3. The van der Waals surface area contributed by atoms with Crippen LogP contribution in [0.25, 0.3) is 0 Å². The van der Waals surface area contributed by atoms with Crippen molar-refractivity contribution in [2.75, 3.05) is 37.0 Å². The molecular formula is C17H21N3O2. The van der Waals surface area contributed by atoms with E-state index in [1.165, 1.54) is 0 Å². The lowest BCUT2D eigenvalue weighted by molar-refractivity contribution is 0.0988. The van der Waals surface area contributed by atoms with E-state index in [0.29, 0.717) is 25.3 Å². The normalized spacial score (nSPS) is 10.3. The van der Waals surface area contributed by atoms with E-state index < -0.39 is 0 Å². The van der Waals surface area contributed by atoms with Gasteiger partial charge in [0, 0.05) is 38.3 Å². The number of pyridine rings is 1. The van der Waals surface area contributed by atoms with Crippen LogP contribution in [0.5, 0.6) is 0 Å². The van der Waals surface area contributed by atoms with Crippen LogP contribution in [0.1, 0.15) is 17.3 Å². The van der Waals surface area contributed by atoms with E-state index in [4.69, 9.17) is 4.74 Å².